The summed E-state index contributed by atoms with van der Waals surface area (Å²) in [6.45, 7) is 7.64. The molecule has 1 aromatic heterocycles. The number of nitrogen functional groups attached to an aromatic ring is 1. The number of ether oxygens (including phenoxy) is 1. The first kappa shape index (κ1) is 17.0. The normalized spacial score (nSPS) is 18.9. The average Bonchev–Trinajstić information content (AvgIpc) is 2.69. The van der Waals surface area contributed by atoms with Crippen LogP contribution in [0.1, 0.15) is 5.82 Å². The minimum Gasteiger partial charge on any atom is -0.378 e. The summed E-state index contributed by atoms with van der Waals surface area (Å²) in [5, 5.41) is 0. The summed E-state index contributed by atoms with van der Waals surface area (Å²) in [5.74, 6) is 1.70. The largest absolute Gasteiger partial charge is 0.378 e. The van der Waals surface area contributed by atoms with Gasteiger partial charge in [0.1, 0.15) is 5.82 Å². The van der Waals surface area contributed by atoms with Crippen LogP contribution in [-0.2, 0) is 11.3 Å². The van der Waals surface area contributed by atoms with Gasteiger partial charge in [-0.3, -0.25) is 4.90 Å². The molecule has 2 fully saturated rings. The smallest absolute Gasteiger partial charge is 0.230 e. The predicted octanol–water partition coefficient (Wildman–Crippen LogP) is 0.613. The highest BCUT2D eigenvalue weighted by atomic mass is 16.5. The number of benzene rings is 1. The lowest BCUT2D eigenvalue weighted by Gasteiger charge is -2.35. The fourth-order valence-electron chi connectivity index (χ4n) is 3.40. The fourth-order valence-corrected chi connectivity index (χ4v) is 3.40. The molecule has 0 spiro atoms. The molecular weight excluding hydrogens is 330 g/mol. The Bertz CT molecular complexity index is 713. The fraction of sp³-hybridized carbons (Fsp3) is 0.500. The molecule has 0 amide bonds. The Labute approximate surface area is 153 Å². The number of hydrogen-bond acceptors (Lipinski definition) is 8. The molecule has 0 atom stereocenters. The Balaban J connectivity index is 1.38. The van der Waals surface area contributed by atoms with E-state index in [9.17, 15) is 0 Å². The maximum Gasteiger partial charge on any atom is 0.230 e. The van der Waals surface area contributed by atoms with Crippen LogP contribution in [0.25, 0.3) is 0 Å². The molecule has 26 heavy (non-hydrogen) atoms. The molecule has 0 radical (unpaired) electrons. The van der Waals surface area contributed by atoms with E-state index < -0.39 is 0 Å². The first-order valence-corrected chi connectivity index (χ1v) is 9.13. The molecule has 0 unspecified atom stereocenters. The number of rotatable bonds is 4. The van der Waals surface area contributed by atoms with E-state index in [0.29, 0.717) is 31.7 Å². The topological polar surface area (TPSA) is 83.6 Å². The van der Waals surface area contributed by atoms with Gasteiger partial charge in [-0.1, -0.05) is 18.2 Å². The molecule has 2 saturated heterocycles. The molecule has 8 nitrogen and oxygen atoms in total. The Hall–Kier alpha value is -2.45. The lowest BCUT2D eigenvalue weighted by atomic mass is 10.2. The Kier molecular flexibility index (Phi) is 5.12. The van der Waals surface area contributed by atoms with E-state index in [1.54, 1.807) is 0 Å². The number of piperazine rings is 1. The van der Waals surface area contributed by atoms with E-state index in [4.69, 9.17) is 10.5 Å². The second-order valence-electron chi connectivity index (χ2n) is 6.61. The molecule has 0 bridgehead atoms. The summed E-state index contributed by atoms with van der Waals surface area (Å²) in [6.07, 6.45) is 0. The van der Waals surface area contributed by atoms with Crippen LogP contribution in [0.3, 0.4) is 0 Å². The van der Waals surface area contributed by atoms with Gasteiger partial charge in [0.25, 0.3) is 0 Å². The van der Waals surface area contributed by atoms with Gasteiger partial charge in [0.2, 0.25) is 11.9 Å². The highest BCUT2D eigenvalue weighted by Crippen LogP contribution is 2.17. The van der Waals surface area contributed by atoms with Crippen LogP contribution in [0.2, 0.25) is 0 Å². The highest BCUT2D eigenvalue weighted by Gasteiger charge is 2.20. The number of nitrogens with zero attached hydrogens (tertiary/aromatic N) is 6. The van der Waals surface area contributed by atoms with Crippen LogP contribution in [0.15, 0.2) is 30.3 Å². The zero-order chi connectivity index (χ0) is 17.8. The first-order valence-electron chi connectivity index (χ1n) is 9.13. The van der Waals surface area contributed by atoms with E-state index in [2.05, 4.69) is 60.0 Å². The summed E-state index contributed by atoms with van der Waals surface area (Å²) in [6, 6.07) is 10.6. The number of para-hydroxylation sites is 1. The number of hydrogen-bond donors (Lipinski definition) is 1. The van der Waals surface area contributed by atoms with E-state index in [0.717, 1.165) is 45.1 Å². The minimum atomic E-state index is 0.291. The molecule has 2 aliphatic heterocycles. The van der Waals surface area contributed by atoms with Crippen molar-refractivity contribution >= 4 is 17.6 Å². The lowest BCUT2D eigenvalue weighted by Crippen LogP contribution is -2.46. The molecule has 3 heterocycles. The Morgan fingerprint density at radius 3 is 2.31 bits per heavy atom. The van der Waals surface area contributed by atoms with Gasteiger partial charge in [0.15, 0.2) is 0 Å². The minimum absolute atomic E-state index is 0.291. The number of morpholine rings is 1. The summed E-state index contributed by atoms with van der Waals surface area (Å²) in [4.78, 5) is 20.2. The maximum absolute atomic E-state index is 5.92. The maximum atomic E-state index is 5.92. The molecule has 2 aromatic rings. The van der Waals surface area contributed by atoms with Crippen molar-refractivity contribution < 1.29 is 4.74 Å². The standard InChI is InChI=1S/C18H25N7O/c19-17-20-16(21-18(22-17)25-10-12-26-13-11-25)14-23-6-8-24(9-7-23)15-4-2-1-3-5-15/h1-5H,6-14H2,(H2,19,20,21,22). The van der Waals surface area contributed by atoms with Crippen LogP contribution in [-0.4, -0.2) is 72.3 Å². The third-order valence-corrected chi connectivity index (χ3v) is 4.84. The second-order valence-corrected chi connectivity index (χ2v) is 6.61. The molecular formula is C18H25N7O. The zero-order valence-corrected chi connectivity index (χ0v) is 14.9. The van der Waals surface area contributed by atoms with Crippen LogP contribution in [0, 0.1) is 0 Å². The van der Waals surface area contributed by atoms with Crippen molar-refractivity contribution in [3.8, 4) is 0 Å². The predicted molar refractivity (Wildman–Crippen MR) is 101 cm³/mol. The average molecular weight is 355 g/mol. The van der Waals surface area contributed by atoms with Gasteiger partial charge in [0, 0.05) is 45.0 Å². The second kappa shape index (κ2) is 7.84. The summed E-state index contributed by atoms with van der Waals surface area (Å²) >= 11 is 0. The molecule has 4 rings (SSSR count). The van der Waals surface area contributed by atoms with Crippen molar-refractivity contribution in [2.45, 2.75) is 6.54 Å². The van der Waals surface area contributed by atoms with E-state index in [1.165, 1.54) is 5.69 Å². The van der Waals surface area contributed by atoms with E-state index >= 15 is 0 Å². The van der Waals surface area contributed by atoms with Gasteiger partial charge < -0.3 is 20.3 Å². The SMILES string of the molecule is Nc1nc(CN2CCN(c3ccccc3)CC2)nc(N2CCOCC2)n1. The van der Waals surface area contributed by atoms with Gasteiger partial charge in [-0.25, -0.2) is 0 Å². The Morgan fingerprint density at radius 1 is 0.846 bits per heavy atom. The summed E-state index contributed by atoms with van der Waals surface area (Å²) in [7, 11) is 0. The molecule has 1 aromatic carbocycles. The lowest BCUT2D eigenvalue weighted by molar-refractivity contribution is 0.122. The number of anilines is 3. The van der Waals surface area contributed by atoms with Gasteiger partial charge in [-0.05, 0) is 12.1 Å². The third-order valence-electron chi connectivity index (χ3n) is 4.84. The molecule has 2 N–H and O–H groups in total. The van der Waals surface area contributed by atoms with Gasteiger partial charge in [0.05, 0.1) is 19.8 Å². The van der Waals surface area contributed by atoms with Crippen molar-refractivity contribution in [2.24, 2.45) is 0 Å². The van der Waals surface area contributed by atoms with E-state index in [1.807, 2.05) is 0 Å². The van der Waals surface area contributed by atoms with E-state index in [-0.39, 0.29) is 0 Å². The monoisotopic (exact) mass is 355 g/mol. The molecule has 0 saturated carbocycles. The number of nitrogens with two attached hydrogens (primary N) is 1. The van der Waals surface area contributed by atoms with Gasteiger partial charge in [-0.2, -0.15) is 15.0 Å². The van der Waals surface area contributed by atoms with Crippen LogP contribution in [0.4, 0.5) is 17.6 Å². The number of aromatic nitrogens is 3. The van der Waals surface area contributed by atoms with Crippen molar-refractivity contribution in [1.82, 2.24) is 19.9 Å². The van der Waals surface area contributed by atoms with Crippen LogP contribution in [0.5, 0.6) is 0 Å². The van der Waals surface area contributed by atoms with Crippen molar-refractivity contribution in [3.63, 3.8) is 0 Å². The third kappa shape index (κ3) is 4.03. The summed E-state index contributed by atoms with van der Waals surface area (Å²) in [5.41, 5.74) is 7.21. The van der Waals surface area contributed by atoms with Gasteiger partial charge in [-0.15, -0.1) is 0 Å². The molecule has 138 valence electrons. The van der Waals surface area contributed by atoms with Crippen LogP contribution >= 0.6 is 0 Å². The first-order chi connectivity index (χ1) is 12.8. The quantitative estimate of drug-likeness (QED) is 0.854. The molecule has 8 heteroatoms. The van der Waals surface area contributed by atoms with Crippen molar-refractivity contribution in [3.05, 3.63) is 36.2 Å². The highest BCUT2D eigenvalue weighted by molar-refractivity contribution is 5.46. The van der Waals surface area contributed by atoms with Crippen LogP contribution < -0.4 is 15.5 Å². The zero-order valence-electron chi connectivity index (χ0n) is 14.9. The molecule has 0 aliphatic carbocycles. The van der Waals surface area contributed by atoms with Crippen molar-refractivity contribution in [2.75, 3.05) is 68.0 Å². The van der Waals surface area contributed by atoms with Crippen molar-refractivity contribution in [1.29, 1.82) is 0 Å². The Morgan fingerprint density at radius 2 is 1.58 bits per heavy atom. The van der Waals surface area contributed by atoms with Gasteiger partial charge >= 0.3 is 0 Å². The molecule has 2 aliphatic rings. The summed E-state index contributed by atoms with van der Waals surface area (Å²) < 4.78 is 5.39.